The van der Waals surface area contributed by atoms with Crippen LogP contribution < -0.4 is 14.4 Å². The summed E-state index contributed by atoms with van der Waals surface area (Å²) in [6.45, 7) is 6.51. The molecule has 9 heteroatoms. The van der Waals surface area contributed by atoms with Crippen LogP contribution in [0.15, 0.2) is 36.8 Å². The molecule has 1 aromatic carbocycles. The van der Waals surface area contributed by atoms with Gasteiger partial charge in [-0.1, -0.05) is 0 Å². The molecule has 0 spiro atoms. The topological polar surface area (TPSA) is 83.9 Å². The zero-order valence-corrected chi connectivity index (χ0v) is 20.0. The van der Waals surface area contributed by atoms with E-state index in [0.717, 1.165) is 61.4 Å². The highest BCUT2D eigenvalue weighted by Crippen LogP contribution is 2.34. The van der Waals surface area contributed by atoms with Gasteiger partial charge >= 0.3 is 0 Å². The Morgan fingerprint density at radius 1 is 0.914 bits per heavy atom. The Labute approximate surface area is 204 Å². The highest BCUT2D eigenvalue weighted by molar-refractivity contribution is 5.95. The van der Waals surface area contributed by atoms with Crippen LogP contribution in [0.2, 0.25) is 0 Å². The number of likely N-dealkylation sites (N-methyl/N-ethyl adjacent to an activating group) is 1. The Morgan fingerprint density at radius 3 is 2.49 bits per heavy atom. The Hall–Kier alpha value is -3.46. The molecule has 6 rings (SSSR count). The molecule has 2 saturated heterocycles. The maximum atomic E-state index is 13.1. The highest BCUT2D eigenvalue weighted by Gasteiger charge is 2.28. The number of nitrogens with zero attached hydrogens (tertiary/aromatic N) is 6. The van der Waals surface area contributed by atoms with Crippen LogP contribution in [0.25, 0.3) is 11.0 Å². The van der Waals surface area contributed by atoms with Crippen LogP contribution in [-0.2, 0) is 0 Å². The van der Waals surface area contributed by atoms with Gasteiger partial charge < -0.3 is 24.2 Å². The lowest BCUT2D eigenvalue weighted by Gasteiger charge is -2.34. The van der Waals surface area contributed by atoms with Crippen molar-refractivity contribution in [3.63, 3.8) is 0 Å². The van der Waals surface area contributed by atoms with E-state index >= 15 is 0 Å². The zero-order valence-electron chi connectivity index (χ0n) is 20.0. The fraction of sp³-hybridized carbons (Fsp3) is 0.462. The summed E-state index contributed by atoms with van der Waals surface area (Å²) in [5.74, 6) is 1.63. The number of benzene rings is 1. The first-order chi connectivity index (χ1) is 17.2. The third-order valence-electron chi connectivity index (χ3n) is 7.32. The molecular weight excluding hydrogens is 444 g/mol. The number of hydrogen-bond acceptors (Lipinski definition) is 8. The van der Waals surface area contributed by atoms with Crippen molar-refractivity contribution in [1.82, 2.24) is 24.8 Å². The second kappa shape index (κ2) is 9.30. The summed E-state index contributed by atoms with van der Waals surface area (Å²) in [7, 11) is 2.16. The monoisotopic (exact) mass is 474 g/mol. The molecule has 1 amide bonds. The standard InChI is InChI=1S/C26H30N6O3/c1-30-8-10-31(11-9-30)20-15-21-25(27-16-20)24(29-17-28-21)18-4-6-32(7-5-18)26(33)19-2-3-22-23(14-19)35-13-12-34-22/h2-3,14-18H,4-13H2,1H3. The van der Waals surface area contributed by atoms with Crippen LogP contribution in [0.3, 0.4) is 0 Å². The molecule has 0 unspecified atom stereocenters. The molecule has 0 radical (unpaired) electrons. The van der Waals surface area contributed by atoms with E-state index in [9.17, 15) is 4.79 Å². The second-order valence-corrected chi connectivity index (χ2v) is 9.54. The predicted molar refractivity (Wildman–Crippen MR) is 132 cm³/mol. The highest BCUT2D eigenvalue weighted by atomic mass is 16.6. The predicted octanol–water partition coefficient (Wildman–Crippen LogP) is 2.57. The Kier molecular flexibility index (Phi) is 5.85. The molecule has 3 aliphatic heterocycles. The molecule has 5 heterocycles. The van der Waals surface area contributed by atoms with Gasteiger partial charge in [-0.2, -0.15) is 0 Å². The van der Waals surface area contributed by atoms with Crippen molar-refractivity contribution >= 4 is 22.6 Å². The lowest BCUT2D eigenvalue weighted by atomic mass is 9.92. The molecule has 0 aliphatic carbocycles. The number of ether oxygens (including phenoxy) is 2. The molecular formula is C26H30N6O3. The number of piperazine rings is 1. The maximum Gasteiger partial charge on any atom is 0.253 e. The maximum absolute atomic E-state index is 13.1. The van der Waals surface area contributed by atoms with Gasteiger partial charge in [0.25, 0.3) is 5.91 Å². The number of anilines is 1. The van der Waals surface area contributed by atoms with Crippen LogP contribution in [-0.4, -0.2) is 90.2 Å². The average Bonchev–Trinajstić information content (AvgIpc) is 2.92. The van der Waals surface area contributed by atoms with Crippen molar-refractivity contribution in [2.75, 3.05) is 64.4 Å². The summed E-state index contributed by atoms with van der Waals surface area (Å²) in [6.07, 6.45) is 5.31. The molecule has 0 N–H and O–H groups in total. The summed E-state index contributed by atoms with van der Waals surface area (Å²) in [5, 5.41) is 0. The third-order valence-corrected chi connectivity index (χ3v) is 7.32. The van der Waals surface area contributed by atoms with Gasteiger partial charge in [-0.15, -0.1) is 0 Å². The van der Waals surface area contributed by atoms with Crippen LogP contribution in [0.1, 0.15) is 34.8 Å². The number of hydrogen-bond donors (Lipinski definition) is 0. The zero-order chi connectivity index (χ0) is 23.8. The fourth-order valence-corrected chi connectivity index (χ4v) is 5.20. The van der Waals surface area contributed by atoms with Crippen LogP contribution in [0, 0.1) is 0 Å². The first kappa shape index (κ1) is 22.0. The van der Waals surface area contributed by atoms with Gasteiger partial charge in [-0.25, -0.2) is 9.97 Å². The number of rotatable bonds is 3. The normalized spacial score (nSPS) is 19.2. The van der Waals surface area contributed by atoms with E-state index in [0.29, 0.717) is 43.4 Å². The van der Waals surface area contributed by atoms with Crippen molar-refractivity contribution in [2.24, 2.45) is 0 Å². The van der Waals surface area contributed by atoms with Gasteiger partial charge in [-0.05, 0) is 44.2 Å². The van der Waals surface area contributed by atoms with Crippen molar-refractivity contribution < 1.29 is 14.3 Å². The van der Waals surface area contributed by atoms with Crippen molar-refractivity contribution in [1.29, 1.82) is 0 Å². The van der Waals surface area contributed by atoms with Crippen molar-refractivity contribution in [3.8, 4) is 11.5 Å². The number of aromatic nitrogens is 3. The minimum absolute atomic E-state index is 0.0305. The first-order valence-electron chi connectivity index (χ1n) is 12.4. The van der Waals surface area contributed by atoms with E-state index in [2.05, 4.69) is 32.9 Å². The largest absolute Gasteiger partial charge is 0.486 e. The third kappa shape index (κ3) is 4.36. The summed E-state index contributed by atoms with van der Waals surface area (Å²) in [5.41, 5.74) is 4.52. The summed E-state index contributed by atoms with van der Waals surface area (Å²) >= 11 is 0. The van der Waals surface area contributed by atoms with E-state index in [4.69, 9.17) is 14.5 Å². The van der Waals surface area contributed by atoms with Crippen LogP contribution in [0.4, 0.5) is 5.69 Å². The SMILES string of the molecule is CN1CCN(c2cnc3c(C4CCN(C(=O)c5ccc6c(c5)OCCO6)CC4)ncnc3c2)CC1. The smallest absolute Gasteiger partial charge is 0.253 e. The second-order valence-electron chi connectivity index (χ2n) is 9.54. The number of pyridine rings is 1. The van der Waals surface area contributed by atoms with E-state index in [1.807, 2.05) is 23.2 Å². The Balaban J connectivity index is 1.15. The molecule has 2 fully saturated rings. The van der Waals surface area contributed by atoms with Gasteiger partial charge in [0, 0.05) is 50.7 Å². The molecule has 3 aliphatic rings. The lowest BCUT2D eigenvalue weighted by molar-refractivity contribution is 0.0711. The Bertz CT molecular complexity index is 1230. The number of fused-ring (bicyclic) bond motifs is 2. The molecule has 3 aromatic rings. The van der Waals surface area contributed by atoms with E-state index in [1.54, 1.807) is 12.4 Å². The number of carbonyl (C=O) groups excluding carboxylic acids is 1. The van der Waals surface area contributed by atoms with Gasteiger partial charge in [-0.3, -0.25) is 9.78 Å². The van der Waals surface area contributed by atoms with Gasteiger partial charge in [0.15, 0.2) is 11.5 Å². The van der Waals surface area contributed by atoms with E-state index < -0.39 is 0 Å². The van der Waals surface area contributed by atoms with Crippen LogP contribution >= 0.6 is 0 Å². The van der Waals surface area contributed by atoms with Crippen LogP contribution in [0.5, 0.6) is 11.5 Å². The minimum Gasteiger partial charge on any atom is -0.486 e. The first-order valence-corrected chi connectivity index (χ1v) is 12.4. The Morgan fingerprint density at radius 2 is 1.69 bits per heavy atom. The quantitative estimate of drug-likeness (QED) is 0.573. The molecule has 9 nitrogen and oxygen atoms in total. The number of piperidine rings is 1. The van der Waals surface area contributed by atoms with Gasteiger partial charge in [0.1, 0.15) is 25.1 Å². The summed E-state index contributed by atoms with van der Waals surface area (Å²) in [6, 6.07) is 7.58. The number of likely N-dealkylation sites (tertiary alicyclic amines) is 1. The molecule has 0 bridgehead atoms. The molecule has 35 heavy (non-hydrogen) atoms. The number of carbonyl (C=O) groups is 1. The van der Waals surface area contributed by atoms with Crippen molar-refractivity contribution in [3.05, 3.63) is 48.0 Å². The van der Waals surface area contributed by atoms with Gasteiger partial charge in [0.05, 0.1) is 23.1 Å². The molecule has 182 valence electrons. The molecule has 0 atom stereocenters. The van der Waals surface area contributed by atoms with E-state index in [1.165, 1.54) is 0 Å². The van der Waals surface area contributed by atoms with E-state index in [-0.39, 0.29) is 11.8 Å². The number of amides is 1. The fourth-order valence-electron chi connectivity index (χ4n) is 5.20. The lowest BCUT2D eigenvalue weighted by Crippen LogP contribution is -2.44. The minimum atomic E-state index is 0.0305. The van der Waals surface area contributed by atoms with Crippen molar-refractivity contribution in [2.45, 2.75) is 18.8 Å². The molecule has 2 aromatic heterocycles. The summed E-state index contributed by atoms with van der Waals surface area (Å²) < 4.78 is 11.2. The average molecular weight is 475 g/mol. The molecule has 0 saturated carbocycles. The van der Waals surface area contributed by atoms with Gasteiger partial charge in [0.2, 0.25) is 0 Å². The summed E-state index contributed by atoms with van der Waals surface area (Å²) in [4.78, 5) is 33.7.